The molecule has 8 nitrogen and oxygen atoms in total. The van der Waals surface area contributed by atoms with E-state index in [0.717, 1.165) is 77.9 Å². The van der Waals surface area contributed by atoms with Gasteiger partial charge < -0.3 is 20.4 Å². The van der Waals surface area contributed by atoms with Crippen molar-refractivity contribution in [2.45, 2.75) is 27.7 Å². The predicted octanol–water partition coefficient (Wildman–Crippen LogP) is 13.4. The first kappa shape index (κ1) is 44.0. The molecule has 0 saturated carbocycles. The Balaban J connectivity index is 1.32. The molecule has 8 aromatic rings. The van der Waals surface area contributed by atoms with Gasteiger partial charge in [0.05, 0.1) is 22.3 Å². The lowest BCUT2D eigenvalue weighted by atomic mass is 9.84. The van der Waals surface area contributed by atoms with Crippen LogP contribution in [0.25, 0.3) is 55.7 Å². The Kier molecular flexibility index (Phi) is 12.2. The normalized spacial score (nSPS) is 10.9. The Labute approximate surface area is 382 Å². The van der Waals surface area contributed by atoms with Crippen LogP contribution in [0.15, 0.2) is 170 Å². The van der Waals surface area contributed by atoms with Crippen LogP contribution in [0, 0.1) is 27.7 Å². The summed E-state index contributed by atoms with van der Waals surface area (Å²) in [5.41, 5.74) is 16.3. The van der Waals surface area contributed by atoms with Crippen LogP contribution in [-0.2, 0) is 0 Å². The van der Waals surface area contributed by atoms with E-state index in [1.54, 1.807) is 52.0 Å². The highest BCUT2D eigenvalue weighted by Gasteiger charge is 2.19. The molecule has 0 fully saturated rings. The topological polar surface area (TPSA) is 149 Å². The highest BCUT2D eigenvalue weighted by molar-refractivity contribution is 6.05. The molecule has 0 radical (unpaired) electrons. The summed E-state index contributed by atoms with van der Waals surface area (Å²) in [7, 11) is 0. The summed E-state index contributed by atoms with van der Waals surface area (Å²) in [5, 5.41) is 38.6. The van der Waals surface area contributed by atoms with Crippen molar-refractivity contribution in [2.24, 2.45) is 0 Å². The molecule has 0 bridgehead atoms. The molecule has 0 unspecified atom stereocenters. The minimum absolute atomic E-state index is 0.249. The second-order valence-electron chi connectivity index (χ2n) is 16.4. The summed E-state index contributed by atoms with van der Waals surface area (Å²) in [6, 6.07) is 54.0. The number of benzene rings is 8. The van der Waals surface area contributed by atoms with Gasteiger partial charge in [-0.3, -0.25) is 0 Å². The van der Waals surface area contributed by atoms with E-state index in [0.29, 0.717) is 22.3 Å². The Morgan fingerprint density at radius 2 is 0.424 bits per heavy atom. The van der Waals surface area contributed by atoms with Crippen LogP contribution >= 0.6 is 0 Å². The van der Waals surface area contributed by atoms with Crippen molar-refractivity contribution in [3.05, 3.63) is 237 Å². The number of hydrogen-bond acceptors (Lipinski definition) is 4. The number of carboxylic acid groups (broad SMARTS) is 4. The Morgan fingerprint density at radius 1 is 0.258 bits per heavy atom. The first-order chi connectivity index (χ1) is 31.7. The number of aromatic carboxylic acids is 4. The SMILES string of the molecule is Cc1cc(-c2ccc(C(=C(c3ccc(-c4ccc(C(=O)O)c(C)c4)cc3)c3ccc(-c4ccc(C(=O)O)c(C)c4)cc3)c3ccc(-c4ccc(C(=O)O)c(C)c4)cc3)cc2)ccc1C(=O)O. The third-order valence-corrected chi connectivity index (χ3v) is 12.1. The van der Waals surface area contributed by atoms with Gasteiger partial charge in [0.25, 0.3) is 0 Å². The average molecular weight is 869 g/mol. The van der Waals surface area contributed by atoms with Gasteiger partial charge in [-0.25, -0.2) is 19.2 Å². The molecule has 0 aromatic heterocycles. The molecule has 0 spiro atoms. The van der Waals surface area contributed by atoms with Crippen LogP contribution < -0.4 is 0 Å². The molecular weight excluding hydrogens is 825 g/mol. The highest BCUT2D eigenvalue weighted by Crippen LogP contribution is 2.40. The van der Waals surface area contributed by atoms with E-state index in [4.69, 9.17) is 0 Å². The fraction of sp³-hybridized carbons (Fsp3) is 0.0690. The lowest BCUT2D eigenvalue weighted by Gasteiger charge is -2.20. The quantitative estimate of drug-likeness (QED) is 0.0887. The maximum absolute atomic E-state index is 11.8. The summed E-state index contributed by atoms with van der Waals surface area (Å²) >= 11 is 0. The fourth-order valence-electron chi connectivity index (χ4n) is 8.56. The van der Waals surface area contributed by atoms with Crippen molar-refractivity contribution in [3.63, 3.8) is 0 Å². The van der Waals surface area contributed by atoms with Crippen LogP contribution in [0.5, 0.6) is 0 Å². The van der Waals surface area contributed by atoms with Crippen LogP contribution in [-0.4, -0.2) is 44.3 Å². The molecule has 0 heterocycles. The van der Waals surface area contributed by atoms with Gasteiger partial charge in [0.1, 0.15) is 0 Å². The maximum Gasteiger partial charge on any atom is 0.335 e. The molecule has 0 atom stereocenters. The number of hydrogen-bond donors (Lipinski definition) is 4. The van der Waals surface area contributed by atoms with Crippen molar-refractivity contribution in [1.29, 1.82) is 0 Å². The van der Waals surface area contributed by atoms with Crippen LogP contribution in [0.4, 0.5) is 0 Å². The van der Waals surface area contributed by atoms with Crippen molar-refractivity contribution in [1.82, 2.24) is 0 Å². The third-order valence-electron chi connectivity index (χ3n) is 12.1. The standard InChI is InChI=1S/C58H44O8/c1-33-29-45(21-25-49(33)55(59)60)37-5-13-41(14-6-37)53(42-15-7-38(8-16-42)46-22-26-50(56(61)62)34(2)30-46)54(43-17-9-39(10-18-43)47-23-27-51(57(63)64)35(3)31-47)44-19-11-40(12-20-44)48-24-28-52(58(65)66)36(4)32-48/h5-32H,1-4H3,(H,59,60)(H,61,62)(H,63,64)(H,65,66). The molecule has 0 aliphatic heterocycles. The van der Waals surface area contributed by atoms with Gasteiger partial charge in [0.15, 0.2) is 0 Å². The lowest BCUT2D eigenvalue weighted by Crippen LogP contribution is -2.00. The molecule has 0 saturated heterocycles. The van der Waals surface area contributed by atoms with E-state index in [-0.39, 0.29) is 22.3 Å². The summed E-state index contributed by atoms with van der Waals surface area (Å²) in [4.78, 5) is 47.2. The van der Waals surface area contributed by atoms with Crippen molar-refractivity contribution < 1.29 is 39.6 Å². The van der Waals surface area contributed by atoms with Crippen molar-refractivity contribution >= 4 is 35.0 Å². The molecule has 0 amide bonds. The first-order valence-corrected chi connectivity index (χ1v) is 21.2. The van der Waals surface area contributed by atoms with E-state index in [9.17, 15) is 39.6 Å². The van der Waals surface area contributed by atoms with Crippen LogP contribution in [0.1, 0.15) is 85.9 Å². The summed E-state index contributed by atoms with van der Waals surface area (Å²) in [6.07, 6.45) is 0. The monoisotopic (exact) mass is 868 g/mol. The van der Waals surface area contributed by atoms with Crippen molar-refractivity contribution in [2.75, 3.05) is 0 Å². The molecule has 8 rings (SSSR count). The number of carbonyl (C=O) groups is 4. The minimum Gasteiger partial charge on any atom is -0.478 e. The zero-order chi connectivity index (χ0) is 46.8. The number of aryl methyl sites for hydroxylation is 4. The summed E-state index contributed by atoms with van der Waals surface area (Å²) in [5.74, 6) is -3.91. The zero-order valence-electron chi connectivity index (χ0n) is 36.6. The van der Waals surface area contributed by atoms with Gasteiger partial charge in [-0.1, -0.05) is 146 Å². The minimum atomic E-state index is -0.978. The largest absolute Gasteiger partial charge is 0.478 e. The molecular formula is C58H44O8. The Morgan fingerprint density at radius 3 is 0.576 bits per heavy atom. The first-order valence-electron chi connectivity index (χ1n) is 21.2. The van der Waals surface area contributed by atoms with Gasteiger partial charge in [-0.15, -0.1) is 0 Å². The number of carboxylic acids is 4. The molecule has 4 N–H and O–H groups in total. The Bertz CT molecular complexity index is 2810. The van der Waals surface area contributed by atoms with Gasteiger partial charge in [0, 0.05) is 0 Å². The Hall–Kier alpha value is -8.62. The van der Waals surface area contributed by atoms with Gasteiger partial charge in [-0.05, 0) is 152 Å². The third kappa shape index (κ3) is 8.94. The molecule has 0 aliphatic rings. The average Bonchev–Trinajstić information content (AvgIpc) is 3.30. The predicted molar refractivity (Wildman–Crippen MR) is 259 cm³/mol. The molecule has 0 aliphatic carbocycles. The van der Waals surface area contributed by atoms with Gasteiger partial charge in [0.2, 0.25) is 0 Å². The van der Waals surface area contributed by atoms with E-state index < -0.39 is 23.9 Å². The number of rotatable bonds is 12. The second kappa shape index (κ2) is 18.2. The molecule has 66 heavy (non-hydrogen) atoms. The van der Waals surface area contributed by atoms with E-state index in [1.165, 1.54) is 0 Å². The van der Waals surface area contributed by atoms with Crippen LogP contribution in [0.3, 0.4) is 0 Å². The second-order valence-corrected chi connectivity index (χ2v) is 16.4. The van der Waals surface area contributed by atoms with E-state index >= 15 is 0 Å². The highest BCUT2D eigenvalue weighted by atomic mass is 16.4. The van der Waals surface area contributed by atoms with E-state index in [1.807, 2.05) is 97.1 Å². The maximum atomic E-state index is 11.8. The van der Waals surface area contributed by atoms with Gasteiger partial charge in [-0.2, -0.15) is 0 Å². The summed E-state index contributed by atoms with van der Waals surface area (Å²) < 4.78 is 0. The molecule has 8 heteroatoms. The lowest BCUT2D eigenvalue weighted by molar-refractivity contribution is 0.0685. The smallest absolute Gasteiger partial charge is 0.335 e. The molecule has 324 valence electrons. The zero-order valence-corrected chi connectivity index (χ0v) is 36.6. The van der Waals surface area contributed by atoms with Crippen molar-refractivity contribution in [3.8, 4) is 44.5 Å². The fourth-order valence-corrected chi connectivity index (χ4v) is 8.56. The van der Waals surface area contributed by atoms with Crippen LogP contribution in [0.2, 0.25) is 0 Å². The van der Waals surface area contributed by atoms with E-state index in [2.05, 4.69) is 48.5 Å². The van der Waals surface area contributed by atoms with Gasteiger partial charge >= 0.3 is 23.9 Å². The summed E-state index contributed by atoms with van der Waals surface area (Å²) in [6.45, 7) is 7.15. The molecule has 8 aromatic carbocycles.